The van der Waals surface area contributed by atoms with E-state index < -0.39 is 18.1 Å². The summed E-state index contributed by atoms with van der Waals surface area (Å²) in [6, 6.07) is 3.22. The zero-order valence-corrected chi connectivity index (χ0v) is 11.1. The molecule has 1 fully saturated rings. The molecule has 1 aromatic rings. The Bertz CT molecular complexity index is 484. The molecular weight excluding hydrogens is 265 g/mol. The van der Waals surface area contributed by atoms with Crippen molar-refractivity contribution in [3.05, 3.63) is 24.0 Å². The SMILES string of the molecule is COc1ccc(NC(=O)N[C@@H]2CCCNC2O)c(F)c1. The number of aliphatic hydroxyl groups excluding tert-OH is 1. The van der Waals surface area contributed by atoms with Gasteiger partial charge >= 0.3 is 6.03 Å². The third-order valence-corrected chi connectivity index (χ3v) is 3.17. The normalized spacial score (nSPS) is 22.1. The van der Waals surface area contributed by atoms with Crippen molar-refractivity contribution in [1.29, 1.82) is 0 Å². The summed E-state index contributed by atoms with van der Waals surface area (Å²) in [6.45, 7) is 0.716. The molecule has 2 atom stereocenters. The first-order chi connectivity index (χ1) is 9.60. The number of amides is 2. The number of hydrogen-bond acceptors (Lipinski definition) is 4. The molecule has 0 aliphatic carbocycles. The number of halogens is 1. The lowest BCUT2D eigenvalue weighted by Crippen LogP contribution is -2.54. The Morgan fingerprint density at radius 3 is 3.00 bits per heavy atom. The standard InChI is InChI=1S/C13H18FN3O3/c1-20-8-4-5-10(9(14)7-8)16-13(19)17-11-3-2-6-15-12(11)18/h4-5,7,11-12,15,18H,2-3,6H2,1H3,(H2,16,17,19)/t11-,12?/m1/s1. The molecule has 1 saturated heterocycles. The highest BCUT2D eigenvalue weighted by molar-refractivity contribution is 5.89. The van der Waals surface area contributed by atoms with E-state index in [1.165, 1.54) is 19.2 Å². The molecule has 0 aromatic heterocycles. The quantitative estimate of drug-likeness (QED) is 0.667. The van der Waals surface area contributed by atoms with E-state index in [2.05, 4.69) is 16.0 Å². The molecule has 0 bridgehead atoms. The fourth-order valence-corrected chi connectivity index (χ4v) is 2.07. The number of carbonyl (C=O) groups excluding carboxylic acids is 1. The number of ether oxygens (including phenoxy) is 1. The van der Waals surface area contributed by atoms with E-state index in [9.17, 15) is 14.3 Å². The molecule has 0 spiro atoms. The van der Waals surface area contributed by atoms with Crippen molar-refractivity contribution >= 4 is 11.7 Å². The lowest BCUT2D eigenvalue weighted by molar-refractivity contribution is 0.0753. The number of hydrogen-bond donors (Lipinski definition) is 4. The average molecular weight is 283 g/mol. The predicted octanol–water partition coefficient (Wildman–Crippen LogP) is 1.03. The van der Waals surface area contributed by atoms with Crippen LogP contribution in [0, 0.1) is 5.82 Å². The molecule has 0 saturated carbocycles. The molecule has 20 heavy (non-hydrogen) atoms. The fourth-order valence-electron chi connectivity index (χ4n) is 2.07. The summed E-state index contributed by atoms with van der Waals surface area (Å²) in [7, 11) is 1.44. The smallest absolute Gasteiger partial charge is 0.319 e. The Morgan fingerprint density at radius 2 is 2.35 bits per heavy atom. The van der Waals surface area contributed by atoms with E-state index in [4.69, 9.17) is 4.74 Å². The monoisotopic (exact) mass is 283 g/mol. The van der Waals surface area contributed by atoms with Crippen molar-refractivity contribution in [2.45, 2.75) is 25.1 Å². The minimum atomic E-state index is -0.782. The molecule has 7 heteroatoms. The molecule has 1 heterocycles. The van der Waals surface area contributed by atoms with Gasteiger partial charge in [-0.3, -0.25) is 5.32 Å². The van der Waals surface area contributed by atoms with Crippen molar-refractivity contribution in [2.75, 3.05) is 19.0 Å². The summed E-state index contributed by atoms with van der Waals surface area (Å²) in [4.78, 5) is 11.8. The highest BCUT2D eigenvalue weighted by atomic mass is 19.1. The minimum Gasteiger partial charge on any atom is -0.497 e. The topological polar surface area (TPSA) is 82.6 Å². The molecule has 6 nitrogen and oxygen atoms in total. The van der Waals surface area contributed by atoms with Gasteiger partial charge in [0.1, 0.15) is 17.8 Å². The Labute approximate surface area is 116 Å². The van der Waals surface area contributed by atoms with Crippen molar-refractivity contribution < 1.29 is 19.0 Å². The van der Waals surface area contributed by atoms with Crippen LogP contribution in [0.1, 0.15) is 12.8 Å². The number of nitrogens with one attached hydrogen (secondary N) is 3. The van der Waals surface area contributed by atoms with Crippen LogP contribution in [0.2, 0.25) is 0 Å². The summed E-state index contributed by atoms with van der Waals surface area (Å²) < 4.78 is 18.5. The summed E-state index contributed by atoms with van der Waals surface area (Å²) in [6.07, 6.45) is 0.751. The van der Waals surface area contributed by atoms with E-state index in [1.54, 1.807) is 6.07 Å². The second-order valence-corrected chi connectivity index (χ2v) is 4.59. The zero-order chi connectivity index (χ0) is 14.5. The van der Waals surface area contributed by atoms with Crippen LogP contribution in [0.25, 0.3) is 0 Å². The van der Waals surface area contributed by atoms with Gasteiger partial charge in [0, 0.05) is 6.07 Å². The van der Waals surface area contributed by atoms with E-state index in [-0.39, 0.29) is 11.7 Å². The van der Waals surface area contributed by atoms with Crippen LogP contribution in [0.4, 0.5) is 14.9 Å². The van der Waals surface area contributed by atoms with Crippen LogP contribution < -0.4 is 20.7 Å². The van der Waals surface area contributed by atoms with E-state index in [1.807, 2.05) is 0 Å². The van der Waals surface area contributed by atoms with Gasteiger partial charge in [0.2, 0.25) is 0 Å². The number of carbonyl (C=O) groups is 1. The van der Waals surface area contributed by atoms with Gasteiger partial charge in [-0.2, -0.15) is 0 Å². The lowest BCUT2D eigenvalue weighted by atomic mass is 10.1. The van der Waals surface area contributed by atoms with E-state index in [0.717, 1.165) is 6.42 Å². The maximum atomic E-state index is 13.7. The summed E-state index contributed by atoms with van der Waals surface area (Å²) in [5.41, 5.74) is 0.0570. The van der Waals surface area contributed by atoms with Crippen molar-refractivity contribution in [3.63, 3.8) is 0 Å². The Balaban J connectivity index is 1.94. The van der Waals surface area contributed by atoms with Crippen LogP contribution in [-0.2, 0) is 0 Å². The van der Waals surface area contributed by atoms with Crippen LogP contribution in [0.3, 0.4) is 0 Å². The second kappa shape index (κ2) is 6.53. The molecule has 1 aliphatic heterocycles. The fraction of sp³-hybridized carbons (Fsp3) is 0.462. The Kier molecular flexibility index (Phi) is 4.75. The second-order valence-electron chi connectivity index (χ2n) is 4.59. The van der Waals surface area contributed by atoms with Crippen LogP contribution in [0.5, 0.6) is 5.75 Å². The maximum Gasteiger partial charge on any atom is 0.319 e. The first kappa shape index (κ1) is 14.5. The number of anilines is 1. The molecule has 4 N–H and O–H groups in total. The molecule has 2 rings (SSSR count). The molecular formula is C13H18FN3O3. The first-order valence-corrected chi connectivity index (χ1v) is 6.42. The highest BCUT2D eigenvalue weighted by Gasteiger charge is 2.24. The summed E-state index contributed by atoms with van der Waals surface area (Å²) >= 11 is 0. The first-order valence-electron chi connectivity index (χ1n) is 6.42. The third-order valence-electron chi connectivity index (χ3n) is 3.17. The van der Waals surface area contributed by atoms with Gasteiger partial charge in [0.15, 0.2) is 0 Å². The third kappa shape index (κ3) is 3.58. The molecule has 1 aromatic carbocycles. The van der Waals surface area contributed by atoms with Gasteiger partial charge in [0.05, 0.1) is 18.8 Å². The minimum absolute atomic E-state index is 0.0570. The number of rotatable bonds is 3. The number of piperidine rings is 1. The van der Waals surface area contributed by atoms with Crippen molar-refractivity contribution in [2.24, 2.45) is 0 Å². The van der Waals surface area contributed by atoms with Crippen LogP contribution in [-0.4, -0.2) is 37.1 Å². The number of aliphatic hydroxyl groups is 1. The van der Waals surface area contributed by atoms with Gasteiger partial charge < -0.3 is 20.5 Å². The Morgan fingerprint density at radius 1 is 1.55 bits per heavy atom. The molecule has 1 unspecified atom stereocenters. The van der Waals surface area contributed by atoms with Crippen molar-refractivity contribution in [3.8, 4) is 5.75 Å². The number of benzene rings is 1. The molecule has 110 valence electrons. The van der Waals surface area contributed by atoms with Gasteiger partial charge in [-0.25, -0.2) is 9.18 Å². The average Bonchev–Trinajstić information content (AvgIpc) is 2.43. The van der Waals surface area contributed by atoms with Crippen LogP contribution >= 0.6 is 0 Å². The maximum absolute atomic E-state index is 13.7. The number of urea groups is 1. The predicted molar refractivity (Wildman–Crippen MR) is 72.1 cm³/mol. The Hall–Kier alpha value is -1.86. The number of methoxy groups -OCH3 is 1. The van der Waals surface area contributed by atoms with E-state index >= 15 is 0 Å². The summed E-state index contributed by atoms with van der Waals surface area (Å²) in [5.74, 6) is -0.206. The highest BCUT2D eigenvalue weighted by Crippen LogP contribution is 2.20. The largest absolute Gasteiger partial charge is 0.497 e. The van der Waals surface area contributed by atoms with Crippen molar-refractivity contribution in [1.82, 2.24) is 10.6 Å². The lowest BCUT2D eigenvalue weighted by Gasteiger charge is -2.29. The van der Waals surface area contributed by atoms with Gasteiger partial charge in [-0.05, 0) is 31.5 Å². The van der Waals surface area contributed by atoms with E-state index in [0.29, 0.717) is 18.7 Å². The van der Waals surface area contributed by atoms with Crippen LogP contribution in [0.15, 0.2) is 18.2 Å². The molecule has 0 radical (unpaired) electrons. The van der Waals surface area contributed by atoms with Gasteiger partial charge in [0.25, 0.3) is 0 Å². The summed E-state index contributed by atoms with van der Waals surface area (Å²) in [5, 5.41) is 17.5. The van der Waals surface area contributed by atoms with Gasteiger partial charge in [-0.1, -0.05) is 0 Å². The molecule has 2 amide bonds. The molecule has 1 aliphatic rings. The van der Waals surface area contributed by atoms with Gasteiger partial charge in [-0.15, -0.1) is 0 Å². The zero-order valence-electron chi connectivity index (χ0n) is 11.1.